The first-order chi connectivity index (χ1) is 8.72. The highest BCUT2D eigenvalue weighted by atomic mass is 16.5. The third kappa shape index (κ3) is 7.31. The van der Waals surface area contributed by atoms with Crippen LogP contribution >= 0.6 is 0 Å². The molecular weight excluding hydrogens is 228 g/mol. The van der Waals surface area contributed by atoms with Gasteiger partial charge in [0.2, 0.25) is 0 Å². The van der Waals surface area contributed by atoms with Crippen molar-refractivity contribution < 1.29 is 9.47 Å². The lowest BCUT2D eigenvalue weighted by molar-refractivity contribution is 0.0574. The molecule has 0 aromatic heterocycles. The van der Waals surface area contributed by atoms with E-state index in [0.717, 1.165) is 32.8 Å². The van der Waals surface area contributed by atoms with Crippen LogP contribution < -0.4 is 0 Å². The molecule has 0 aromatic rings. The monoisotopic (exact) mass is 258 g/mol. The largest absolute Gasteiger partial charge is 0.380 e. The first-order valence-electron chi connectivity index (χ1n) is 7.36. The maximum Gasteiger partial charge on any atom is 0.0593 e. The summed E-state index contributed by atoms with van der Waals surface area (Å²) in [7, 11) is 0. The fourth-order valence-electron chi connectivity index (χ4n) is 2.18. The summed E-state index contributed by atoms with van der Waals surface area (Å²) in [5, 5.41) is 0. The predicted octanol–water partition coefficient (Wildman–Crippen LogP) is 1.46. The molecule has 0 N–H and O–H groups in total. The average molecular weight is 258 g/mol. The Morgan fingerprint density at radius 1 is 0.944 bits per heavy atom. The summed E-state index contributed by atoms with van der Waals surface area (Å²) in [6, 6.07) is 0. The fourth-order valence-corrected chi connectivity index (χ4v) is 2.18. The molecular formula is C14H30N2O2. The zero-order valence-electron chi connectivity index (χ0n) is 12.4. The molecule has 108 valence electrons. The number of nitrogens with zero attached hydrogens (tertiary/aromatic N) is 2. The van der Waals surface area contributed by atoms with Crippen molar-refractivity contribution in [3.05, 3.63) is 0 Å². The normalized spacial score (nSPS) is 18.7. The lowest BCUT2D eigenvalue weighted by Crippen LogP contribution is -2.47. The smallest absolute Gasteiger partial charge is 0.0593 e. The molecule has 0 unspecified atom stereocenters. The van der Waals surface area contributed by atoms with E-state index in [1.165, 1.54) is 32.7 Å². The Morgan fingerprint density at radius 3 is 2.11 bits per heavy atom. The highest BCUT2D eigenvalue weighted by Gasteiger charge is 2.15. The number of ether oxygens (including phenoxy) is 2. The second-order valence-electron chi connectivity index (χ2n) is 5.15. The molecule has 4 heteroatoms. The van der Waals surface area contributed by atoms with Gasteiger partial charge < -0.3 is 14.4 Å². The molecule has 0 amide bonds. The van der Waals surface area contributed by atoms with Crippen LogP contribution in [0.1, 0.15) is 27.2 Å². The van der Waals surface area contributed by atoms with Gasteiger partial charge in [0, 0.05) is 52.5 Å². The van der Waals surface area contributed by atoms with E-state index < -0.39 is 0 Å². The van der Waals surface area contributed by atoms with Crippen molar-refractivity contribution in [1.82, 2.24) is 9.80 Å². The molecule has 1 saturated heterocycles. The molecule has 0 spiro atoms. The van der Waals surface area contributed by atoms with Crippen LogP contribution in [0.15, 0.2) is 0 Å². The standard InChI is InChI=1S/C14H30N2O2/c1-4-17-13-11-16-9-7-15(8-10-16)6-5-12-18-14(2)3/h14H,4-13H2,1-3H3. The Balaban J connectivity index is 1.98. The van der Waals surface area contributed by atoms with Gasteiger partial charge in [-0.15, -0.1) is 0 Å². The quantitative estimate of drug-likeness (QED) is 0.585. The van der Waals surface area contributed by atoms with Gasteiger partial charge in [0.25, 0.3) is 0 Å². The van der Waals surface area contributed by atoms with Crippen molar-refractivity contribution in [3.8, 4) is 0 Å². The van der Waals surface area contributed by atoms with E-state index in [2.05, 4.69) is 30.6 Å². The van der Waals surface area contributed by atoms with Gasteiger partial charge in [0.1, 0.15) is 0 Å². The maximum atomic E-state index is 5.57. The molecule has 1 aliphatic heterocycles. The Hall–Kier alpha value is -0.160. The fraction of sp³-hybridized carbons (Fsp3) is 1.00. The van der Waals surface area contributed by atoms with Crippen molar-refractivity contribution in [2.75, 3.05) is 59.1 Å². The Bertz CT molecular complexity index is 192. The van der Waals surface area contributed by atoms with Crippen LogP contribution in [0.25, 0.3) is 0 Å². The molecule has 0 saturated carbocycles. The van der Waals surface area contributed by atoms with Gasteiger partial charge in [-0.25, -0.2) is 0 Å². The molecule has 0 aliphatic carbocycles. The minimum absolute atomic E-state index is 0.361. The van der Waals surface area contributed by atoms with Crippen molar-refractivity contribution in [2.45, 2.75) is 33.3 Å². The Morgan fingerprint density at radius 2 is 1.56 bits per heavy atom. The third-order valence-corrected chi connectivity index (χ3v) is 3.29. The van der Waals surface area contributed by atoms with Crippen LogP contribution in [0, 0.1) is 0 Å². The summed E-state index contributed by atoms with van der Waals surface area (Å²) in [6.45, 7) is 15.8. The van der Waals surface area contributed by atoms with Crippen molar-refractivity contribution >= 4 is 0 Å². The molecule has 18 heavy (non-hydrogen) atoms. The summed E-state index contributed by atoms with van der Waals surface area (Å²) < 4.78 is 11.0. The van der Waals surface area contributed by atoms with E-state index in [1.54, 1.807) is 0 Å². The van der Waals surface area contributed by atoms with Gasteiger partial charge in [-0.2, -0.15) is 0 Å². The van der Waals surface area contributed by atoms with Crippen LogP contribution in [0.2, 0.25) is 0 Å². The highest BCUT2D eigenvalue weighted by molar-refractivity contribution is 4.71. The molecule has 0 atom stereocenters. The third-order valence-electron chi connectivity index (χ3n) is 3.29. The summed E-state index contributed by atoms with van der Waals surface area (Å²) in [4.78, 5) is 5.04. The van der Waals surface area contributed by atoms with E-state index in [-0.39, 0.29) is 0 Å². The number of hydrogen-bond acceptors (Lipinski definition) is 4. The number of piperazine rings is 1. The van der Waals surface area contributed by atoms with Crippen LogP contribution in [-0.4, -0.2) is 75.0 Å². The second kappa shape index (κ2) is 9.73. The number of hydrogen-bond donors (Lipinski definition) is 0. The minimum Gasteiger partial charge on any atom is -0.380 e. The molecule has 1 heterocycles. The lowest BCUT2D eigenvalue weighted by atomic mass is 10.3. The van der Waals surface area contributed by atoms with Crippen LogP contribution in [0.5, 0.6) is 0 Å². The van der Waals surface area contributed by atoms with Crippen LogP contribution in [-0.2, 0) is 9.47 Å². The van der Waals surface area contributed by atoms with Crippen molar-refractivity contribution in [2.24, 2.45) is 0 Å². The molecule has 0 aromatic carbocycles. The van der Waals surface area contributed by atoms with E-state index >= 15 is 0 Å². The summed E-state index contributed by atoms with van der Waals surface area (Å²) in [6.07, 6.45) is 1.51. The van der Waals surface area contributed by atoms with E-state index in [9.17, 15) is 0 Å². The zero-order chi connectivity index (χ0) is 13.2. The summed E-state index contributed by atoms with van der Waals surface area (Å²) >= 11 is 0. The van der Waals surface area contributed by atoms with E-state index in [0.29, 0.717) is 6.10 Å². The molecule has 0 radical (unpaired) electrons. The number of rotatable bonds is 9. The topological polar surface area (TPSA) is 24.9 Å². The molecule has 1 rings (SSSR count). The summed E-state index contributed by atoms with van der Waals surface area (Å²) in [5.74, 6) is 0. The van der Waals surface area contributed by atoms with Gasteiger partial charge >= 0.3 is 0 Å². The predicted molar refractivity (Wildman–Crippen MR) is 75.1 cm³/mol. The average Bonchev–Trinajstić information content (AvgIpc) is 2.36. The van der Waals surface area contributed by atoms with Gasteiger partial charge in [0.15, 0.2) is 0 Å². The lowest BCUT2D eigenvalue weighted by Gasteiger charge is -2.34. The highest BCUT2D eigenvalue weighted by Crippen LogP contribution is 2.03. The Kier molecular flexibility index (Phi) is 8.59. The van der Waals surface area contributed by atoms with Gasteiger partial charge in [-0.05, 0) is 27.2 Å². The van der Waals surface area contributed by atoms with E-state index in [1.807, 2.05) is 0 Å². The van der Waals surface area contributed by atoms with Crippen LogP contribution in [0.4, 0.5) is 0 Å². The second-order valence-corrected chi connectivity index (χ2v) is 5.15. The van der Waals surface area contributed by atoms with Crippen molar-refractivity contribution in [1.29, 1.82) is 0 Å². The van der Waals surface area contributed by atoms with Gasteiger partial charge in [0.05, 0.1) is 12.7 Å². The molecule has 4 nitrogen and oxygen atoms in total. The Labute approximate surface area is 112 Å². The van der Waals surface area contributed by atoms with Gasteiger partial charge in [-0.1, -0.05) is 0 Å². The van der Waals surface area contributed by atoms with E-state index in [4.69, 9.17) is 9.47 Å². The zero-order valence-corrected chi connectivity index (χ0v) is 12.4. The first kappa shape index (κ1) is 15.9. The molecule has 1 aliphatic rings. The summed E-state index contributed by atoms with van der Waals surface area (Å²) in [5.41, 5.74) is 0. The van der Waals surface area contributed by atoms with Gasteiger partial charge in [-0.3, -0.25) is 4.90 Å². The minimum atomic E-state index is 0.361. The molecule has 1 fully saturated rings. The van der Waals surface area contributed by atoms with Crippen molar-refractivity contribution in [3.63, 3.8) is 0 Å². The maximum absolute atomic E-state index is 5.57. The molecule has 0 bridgehead atoms. The SMILES string of the molecule is CCOCCN1CCN(CCCOC(C)C)CC1. The van der Waals surface area contributed by atoms with Crippen LogP contribution in [0.3, 0.4) is 0 Å². The first-order valence-corrected chi connectivity index (χ1v) is 7.36.